The van der Waals surface area contributed by atoms with Crippen LogP contribution in [0.1, 0.15) is 11.1 Å². The number of nitriles is 2. The summed E-state index contributed by atoms with van der Waals surface area (Å²) in [5, 5.41) is 21.0. The van der Waals surface area contributed by atoms with E-state index in [2.05, 4.69) is 27.3 Å². The third-order valence-electron chi connectivity index (χ3n) is 2.50. The van der Waals surface area contributed by atoms with Crippen molar-refractivity contribution in [2.75, 3.05) is 5.32 Å². The molecule has 19 heavy (non-hydrogen) atoms. The van der Waals surface area contributed by atoms with Gasteiger partial charge >= 0.3 is 0 Å². The van der Waals surface area contributed by atoms with Crippen LogP contribution in [0.25, 0.3) is 0 Å². The van der Waals surface area contributed by atoms with Crippen LogP contribution < -0.4 is 5.32 Å². The summed E-state index contributed by atoms with van der Waals surface area (Å²) in [6.45, 7) is 0. The van der Waals surface area contributed by atoms with Gasteiger partial charge in [-0.25, -0.2) is 4.39 Å². The Kier molecular flexibility index (Phi) is 3.79. The minimum absolute atomic E-state index is 0.184. The summed E-state index contributed by atoms with van der Waals surface area (Å²) in [6, 6.07) is 13.1. The lowest BCUT2D eigenvalue weighted by molar-refractivity contribution is 0.627. The first-order valence-electron chi connectivity index (χ1n) is 5.31. The minimum Gasteiger partial charge on any atom is -0.353 e. The van der Waals surface area contributed by atoms with Gasteiger partial charge in [-0.05, 0) is 46.3 Å². The van der Waals surface area contributed by atoms with Crippen LogP contribution in [0.4, 0.5) is 15.8 Å². The van der Waals surface area contributed by atoms with E-state index in [0.717, 1.165) is 6.07 Å². The SMILES string of the molecule is N#Cc1cc(F)ccc1Nc1cccc(Br)c1C#N. The first-order chi connectivity index (χ1) is 9.15. The predicted octanol–water partition coefficient (Wildman–Crippen LogP) is 4.08. The number of nitrogens with zero attached hydrogens (tertiary/aromatic N) is 2. The van der Waals surface area contributed by atoms with Crippen molar-refractivity contribution in [3.8, 4) is 12.1 Å². The van der Waals surface area contributed by atoms with Gasteiger partial charge in [0.1, 0.15) is 18.0 Å². The molecule has 0 atom stereocenters. The van der Waals surface area contributed by atoms with Crippen LogP contribution in [0.3, 0.4) is 0 Å². The summed E-state index contributed by atoms with van der Waals surface area (Å²) in [7, 11) is 0. The summed E-state index contributed by atoms with van der Waals surface area (Å²) >= 11 is 3.28. The van der Waals surface area contributed by atoms with Crippen LogP contribution in [0.5, 0.6) is 0 Å². The van der Waals surface area contributed by atoms with Crippen molar-refractivity contribution in [1.29, 1.82) is 10.5 Å². The van der Waals surface area contributed by atoms with Crippen LogP contribution in [-0.4, -0.2) is 0 Å². The molecular formula is C14H7BrFN3. The molecule has 0 radical (unpaired) electrons. The second-order valence-corrected chi connectivity index (χ2v) is 4.56. The van der Waals surface area contributed by atoms with Gasteiger partial charge in [-0.3, -0.25) is 0 Å². The molecule has 2 rings (SSSR count). The van der Waals surface area contributed by atoms with E-state index in [1.807, 2.05) is 6.07 Å². The highest BCUT2D eigenvalue weighted by Crippen LogP contribution is 2.28. The lowest BCUT2D eigenvalue weighted by atomic mass is 10.1. The van der Waals surface area contributed by atoms with E-state index in [4.69, 9.17) is 10.5 Å². The number of halogens is 2. The lowest BCUT2D eigenvalue weighted by Gasteiger charge is -2.10. The van der Waals surface area contributed by atoms with Crippen LogP contribution in [0, 0.1) is 28.5 Å². The van der Waals surface area contributed by atoms with E-state index in [1.165, 1.54) is 12.1 Å². The van der Waals surface area contributed by atoms with Gasteiger partial charge in [0.15, 0.2) is 0 Å². The van der Waals surface area contributed by atoms with Gasteiger partial charge in [-0.2, -0.15) is 10.5 Å². The van der Waals surface area contributed by atoms with Crippen molar-refractivity contribution >= 4 is 27.3 Å². The summed E-state index contributed by atoms with van der Waals surface area (Å²) in [5.74, 6) is -0.475. The Labute approximate surface area is 118 Å². The van der Waals surface area contributed by atoms with Crippen LogP contribution in [-0.2, 0) is 0 Å². The molecule has 1 N–H and O–H groups in total. The summed E-state index contributed by atoms with van der Waals surface area (Å²) in [5.41, 5.74) is 1.62. The molecule has 0 saturated carbocycles. The van der Waals surface area contributed by atoms with E-state index in [-0.39, 0.29) is 5.56 Å². The molecule has 0 aliphatic carbocycles. The zero-order valence-corrected chi connectivity index (χ0v) is 11.2. The van der Waals surface area contributed by atoms with Crippen molar-refractivity contribution < 1.29 is 4.39 Å². The molecule has 3 nitrogen and oxygen atoms in total. The highest BCUT2D eigenvalue weighted by molar-refractivity contribution is 9.10. The average Bonchev–Trinajstić information content (AvgIpc) is 2.41. The molecule has 0 bridgehead atoms. The zero-order valence-electron chi connectivity index (χ0n) is 9.61. The molecule has 0 heterocycles. The van der Waals surface area contributed by atoms with Gasteiger partial charge in [0.2, 0.25) is 0 Å². The molecule has 92 valence electrons. The third kappa shape index (κ3) is 2.73. The maximum atomic E-state index is 13.0. The Hall–Kier alpha value is -2.37. The van der Waals surface area contributed by atoms with Crippen molar-refractivity contribution in [3.05, 3.63) is 57.8 Å². The van der Waals surface area contributed by atoms with Gasteiger partial charge in [-0.15, -0.1) is 0 Å². The molecule has 2 aromatic rings. The van der Waals surface area contributed by atoms with Gasteiger partial charge in [0.05, 0.1) is 22.5 Å². The number of rotatable bonds is 2. The number of anilines is 2. The highest BCUT2D eigenvalue weighted by atomic mass is 79.9. The van der Waals surface area contributed by atoms with E-state index < -0.39 is 5.82 Å². The van der Waals surface area contributed by atoms with Crippen molar-refractivity contribution in [2.24, 2.45) is 0 Å². The van der Waals surface area contributed by atoms with E-state index in [0.29, 0.717) is 21.4 Å². The van der Waals surface area contributed by atoms with E-state index in [1.54, 1.807) is 18.2 Å². The summed E-state index contributed by atoms with van der Waals surface area (Å²) in [6.07, 6.45) is 0. The quantitative estimate of drug-likeness (QED) is 0.908. The molecule has 0 fully saturated rings. The number of nitrogens with one attached hydrogen (secondary N) is 1. The molecule has 0 aromatic heterocycles. The summed E-state index contributed by atoms with van der Waals surface area (Å²) in [4.78, 5) is 0. The third-order valence-corrected chi connectivity index (χ3v) is 3.16. The lowest BCUT2D eigenvalue weighted by Crippen LogP contribution is -1.97. The zero-order chi connectivity index (χ0) is 13.8. The van der Waals surface area contributed by atoms with Crippen molar-refractivity contribution in [3.63, 3.8) is 0 Å². The maximum absolute atomic E-state index is 13.0. The Morgan fingerprint density at radius 1 is 1.05 bits per heavy atom. The molecule has 0 aliphatic heterocycles. The fourth-order valence-electron chi connectivity index (χ4n) is 1.60. The van der Waals surface area contributed by atoms with Gasteiger partial charge in [-0.1, -0.05) is 6.07 Å². The van der Waals surface area contributed by atoms with Crippen LogP contribution in [0.2, 0.25) is 0 Å². The smallest absolute Gasteiger partial charge is 0.124 e. The normalized spacial score (nSPS) is 9.47. The Balaban J connectivity index is 2.46. The van der Waals surface area contributed by atoms with Crippen LogP contribution in [0.15, 0.2) is 40.9 Å². The monoisotopic (exact) mass is 315 g/mol. The molecule has 2 aromatic carbocycles. The molecule has 0 spiro atoms. The fraction of sp³-hybridized carbons (Fsp3) is 0. The molecule has 5 heteroatoms. The largest absolute Gasteiger partial charge is 0.353 e. The maximum Gasteiger partial charge on any atom is 0.124 e. The second-order valence-electron chi connectivity index (χ2n) is 3.70. The van der Waals surface area contributed by atoms with Crippen LogP contribution >= 0.6 is 15.9 Å². The van der Waals surface area contributed by atoms with E-state index >= 15 is 0 Å². The fourth-order valence-corrected chi connectivity index (χ4v) is 2.06. The minimum atomic E-state index is -0.475. The second kappa shape index (κ2) is 5.51. The number of hydrogen-bond acceptors (Lipinski definition) is 3. The molecule has 0 saturated heterocycles. The van der Waals surface area contributed by atoms with E-state index in [9.17, 15) is 4.39 Å². The number of benzene rings is 2. The topological polar surface area (TPSA) is 59.6 Å². The van der Waals surface area contributed by atoms with Gasteiger partial charge in [0.25, 0.3) is 0 Å². The molecular weight excluding hydrogens is 309 g/mol. The first-order valence-corrected chi connectivity index (χ1v) is 6.10. The molecule has 0 unspecified atom stereocenters. The first kappa shape index (κ1) is 13.1. The van der Waals surface area contributed by atoms with Gasteiger partial charge < -0.3 is 5.32 Å². The Bertz CT molecular complexity index is 714. The average molecular weight is 316 g/mol. The summed E-state index contributed by atoms with van der Waals surface area (Å²) < 4.78 is 13.7. The number of hydrogen-bond donors (Lipinski definition) is 1. The van der Waals surface area contributed by atoms with Crippen molar-refractivity contribution in [2.45, 2.75) is 0 Å². The highest BCUT2D eigenvalue weighted by Gasteiger charge is 2.09. The molecule has 0 aliphatic rings. The van der Waals surface area contributed by atoms with Gasteiger partial charge in [0, 0.05) is 4.47 Å². The standard InChI is InChI=1S/C14H7BrFN3/c15-12-2-1-3-14(11(12)8-18)19-13-5-4-10(16)6-9(13)7-17/h1-6,19H. The molecule has 0 amide bonds. The predicted molar refractivity (Wildman–Crippen MR) is 73.3 cm³/mol. The van der Waals surface area contributed by atoms with Crippen molar-refractivity contribution in [1.82, 2.24) is 0 Å². The Morgan fingerprint density at radius 3 is 2.53 bits per heavy atom. The Morgan fingerprint density at radius 2 is 1.84 bits per heavy atom.